The van der Waals surface area contributed by atoms with Crippen LogP contribution in [0.1, 0.15) is 22.4 Å². The molecule has 0 aliphatic heterocycles. The first-order valence-corrected chi connectivity index (χ1v) is 10.2. The SMILES string of the molecule is Cn1cncc1C(O)(COc1ccc(C#N)cc1-c1ccc(F)c(F)c1)c1ccc(C#N)cc1. The zero-order valence-electron chi connectivity index (χ0n) is 18.0. The molecule has 1 aromatic heterocycles. The zero-order chi connectivity index (χ0) is 24.3. The van der Waals surface area contributed by atoms with Crippen LogP contribution in [-0.4, -0.2) is 21.3 Å². The molecule has 0 bridgehead atoms. The number of nitriles is 2. The summed E-state index contributed by atoms with van der Waals surface area (Å²) < 4.78 is 35.1. The first kappa shape index (κ1) is 22.7. The van der Waals surface area contributed by atoms with Crippen molar-refractivity contribution < 1.29 is 18.6 Å². The summed E-state index contributed by atoms with van der Waals surface area (Å²) in [5.74, 6) is -1.76. The van der Waals surface area contributed by atoms with Gasteiger partial charge in [0.2, 0.25) is 0 Å². The van der Waals surface area contributed by atoms with Crippen LogP contribution in [0.5, 0.6) is 5.75 Å². The lowest BCUT2D eigenvalue weighted by Crippen LogP contribution is -2.36. The van der Waals surface area contributed by atoms with Crippen molar-refractivity contribution in [1.82, 2.24) is 9.55 Å². The van der Waals surface area contributed by atoms with Crippen molar-refractivity contribution in [3.63, 3.8) is 0 Å². The maximum absolute atomic E-state index is 13.9. The van der Waals surface area contributed by atoms with Gasteiger partial charge in [0, 0.05) is 12.6 Å². The molecule has 3 aromatic carbocycles. The van der Waals surface area contributed by atoms with Crippen molar-refractivity contribution in [2.24, 2.45) is 7.05 Å². The summed E-state index contributed by atoms with van der Waals surface area (Å²) >= 11 is 0. The van der Waals surface area contributed by atoms with Gasteiger partial charge in [-0.3, -0.25) is 0 Å². The molecular weight excluding hydrogens is 438 g/mol. The molecule has 0 fully saturated rings. The van der Waals surface area contributed by atoms with Gasteiger partial charge in [-0.15, -0.1) is 0 Å². The van der Waals surface area contributed by atoms with Gasteiger partial charge in [0.1, 0.15) is 12.4 Å². The molecule has 0 aliphatic rings. The number of halogens is 2. The first-order chi connectivity index (χ1) is 16.4. The number of nitrogens with zero attached hydrogens (tertiary/aromatic N) is 4. The van der Waals surface area contributed by atoms with Gasteiger partial charge in [0.15, 0.2) is 17.2 Å². The maximum Gasteiger partial charge on any atom is 0.165 e. The number of aryl methyl sites for hydroxylation is 1. The van der Waals surface area contributed by atoms with E-state index >= 15 is 0 Å². The standard InChI is InChI=1S/C26H18F2N4O2/c1-32-16-31-14-25(32)26(33,20-6-2-17(12-29)3-7-20)15-34-24-9-4-18(13-30)10-21(24)19-5-8-22(27)23(28)11-19/h2-11,14,16,33H,15H2,1H3. The highest BCUT2D eigenvalue weighted by Crippen LogP contribution is 2.35. The predicted molar refractivity (Wildman–Crippen MR) is 119 cm³/mol. The van der Waals surface area contributed by atoms with Gasteiger partial charge in [-0.2, -0.15) is 10.5 Å². The third-order valence-corrected chi connectivity index (χ3v) is 5.51. The van der Waals surface area contributed by atoms with E-state index < -0.39 is 17.2 Å². The van der Waals surface area contributed by atoms with Gasteiger partial charge in [-0.1, -0.05) is 18.2 Å². The molecule has 4 rings (SSSR count). The van der Waals surface area contributed by atoms with Gasteiger partial charge in [0.25, 0.3) is 0 Å². The van der Waals surface area contributed by atoms with E-state index in [-0.39, 0.29) is 12.4 Å². The first-order valence-electron chi connectivity index (χ1n) is 10.2. The quantitative estimate of drug-likeness (QED) is 0.463. The molecule has 0 aliphatic carbocycles. The molecule has 168 valence electrons. The number of rotatable bonds is 6. The molecule has 34 heavy (non-hydrogen) atoms. The Balaban J connectivity index is 1.76. The van der Waals surface area contributed by atoms with E-state index in [2.05, 4.69) is 4.98 Å². The van der Waals surface area contributed by atoms with Crippen molar-refractivity contribution in [1.29, 1.82) is 10.5 Å². The average Bonchev–Trinajstić information content (AvgIpc) is 3.30. The molecule has 0 saturated heterocycles. The van der Waals surface area contributed by atoms with Crippen molar-refractivity contribution in [2.75, 3.05) is 6.61 Å². The summed E-state index contributed by atoms with van der Waals surface area (Å²) in [5.41, 5.74) is 0.682. The highest BCUT2D eigenvalue weighted by Gasteiger charge is 2.36. The highest BCUT2D eigenvalue weighted by atomic mass is 19.2. The van der Waals surface area contributed by atoms with Crippen molar-refractivity contribution in [2.45, 2.75) is 5.60 Å². The Kier molecular flexibility index (Phi) is 6.09. The van der Waals surface area contributed by atoms with Gasteiger partial charge in [0.05, 0.1) is 41.5 Å². The van der Waals surface area contributed by atoms with Crippen LogP contribution < -0.4 is 4.74 Å². The van der Waals surface area contributed by atoms with Crippen LogP contribution in [0.4, 0.5) is 8.78 Å². The monoisotopic (exact) mass is 456 g/mol. The Labute approximate surface area is 194 Å². The molecule has 1 N–H and O–H groups in total. The van der Waals surface area contributed by atoms with Crippen LogP contribution in [0.3, 0.4) is 0 Å². The fourth-order valence-corrected chi connectivity index (χ4v) is 3.68. The van der Waals surface area contributed by atoms with E-state index in [4.69, 9.17) is 10.00 Å². The summed E-state index contributed by atoms with van der Waals surface area (Å²) in [5, 5.41) is 30.2. The molecule has 0 radical (unpaired) electrons. The molecule has 1 atom stereocenters. The minimum Gasteiger partial charge on any atom is -0.489 e. The minimum atomic E-state index is -1.65. The molecule has 0 spiro atoms. The van der Waals surface area contributed by atoms with Gasteiger partial charge in [-0.25, -0.2) is 13.8 Å². The maximum atomic E-state index is 13.9. The molecule has 1 unspecified atom stereocenters. The lowest BCUT2D eigenvalue weighted by molar-refractivity contribution is 0.0218. The molecule has 0 saturated carbocycles. The molecule has 0 amide bonds. The fraction of sp³-hybridized carbons (Fsp3) is 0.115. The third-order valence-electron chi connectivity index (χ3n) is 5.51. The minimum absolute atomic E-state index is 0.263. The van der Waals surface area contributed by atoms with E-state index in [1.807, 2.05) is 12.1 Å². The van der Waals surface area contributed by atoms with Crippen LogP contribution in [0.25, 0.3) is 11.1 Å². The van der Waals surface area contributed by atoms with Crippen LogP contribution in [-0.2, 0) is 12.6 Å². The summed E-state index contributed by atoms with van der Waals surface area (Å²) in [6, 6.07) is 18.5. The fourth-order valence-electron chi connectivity index (χ4n) is 3.68. The zero-order valence-corrected chi connectivity index (χ0v) is 18.0. The Bertz CT molecular complexity index is 1430. The topological polar surface area (TPSA) is 94.9 Å². The second-order valence-electron chi connectivity index (χ2n) is 7.68. The number of aromatic nitrogens is 2. The van der Waals surface area contributed by atoms with E-state index in [9.17, 15) is 19.1 Å². The summed E-state index contributed by atoms with van der Waals surface area (Å²) in [4.78, 5) is 4.09. The average molecular weight is 456 g/mol. The lowest BCUT2D eigenvalue weighted by atomic mass is 9.90. The predicted octanol–water partition coefficient (Wildman–Crippen LogP) is 4.42. The van der Waals surface area contributed by atoms with Crippen molar-refractivity contribution in [3.8, 4) is 29.0 Å². The Hall–Kier alpha value is -4.53. The summed E-state index contributed by atoms with van der Waals surface area (Å²) in [7, 11) is 1.73. The van der Waals surface area contributed by atoms with Gasteiger partial charge >= 0.3 is 0 Å². The van der Waals surface area contributed by atoms with E-state index in [1.54, 1.807) is 42.2 Å². The van der Waals surface area contributed by atoms with E-state index in [0.717, 1.165) is 12.1 Å². The van der Waals surface area contributed by atoms with Crippen molar-refractivity contribution >= 4 is 0 Å². The lowest BCUT2D eigenvalue weighted by Gasteiger charge is -2.29. The van der Waals surface area contributed by atoms with Gasteiger partial charge < -0.3 is 14.4 Å². The summed E-state index contributed by atoms with van der Waals surface area (Å²) in [6.07, 6.45) is 3.05. The second-order valence-corrected chi connectivity index (χ2v) is 7.68. The normalized spacial score (nSPS) is 12.4. The van der Waals surface area contributed by atoms with Crippen molar-refractivity contribution in [3.05, 3.63) is 107 Å². The number of aliphatic hydroxyl groups is 1. The van der Waals surface area contributed by atoms with Crippen LogP contribution in [0, 0.1) is 34.3 Å². The highest BCUT2D eigenvalue weighted by molar-refractivity contribution is 5.72. The second kappa shape index (κ2) is 9.14. The number of ether oxygens (including phenoxy) is 1. The van der Waals surface area contributed by atoms with E-state index in [1.165, 1.54) is 30.5 Å². The molecule has 6 nitrogen and oxygen atoms in total. The third kappa shape index (κ3) is 4.23. The van der Waals surface area contributed by atoms with Gasteiger partial charge in [-0.05, 0) is 53.6 Å². The van der Waals surface area contributed by atoms with Crippen LogP contribution in [0.2, 0.25) is 0 Å². The molecule has 1 heterocycles. The molecule has 8 heteroatoms. The Morgan fingerprint density at radius 1 is 0.971 bits per heavy atom. The largest absolute Gasteiger partial charge is 0.489 e. The van der Waals surface area contributed by atoms with E-state index in [0.29, 0.717) is 33.5 Å². The van der Waals surface area contributed by atoms with Crippen LogP contribution >= 0.6 is 0 Å². The molecular formula is C26H18F2N4O2. The Morgan fingerprint density at radius 3 is 2.29 bits per heavy atom. The molecule has 4 aromatic rings. The Morgan fingerprint density at radius 2 is 1.68 bits per heavy atom. The summed E-state index contributed by atoms with van der Waals surface area (Å²) in [6.45, 7) is -0.263. The smallest absolute Gasteiger partial charge is 0.165 e. The number of hydrogen-bond acceptors (Lipinski definition) is 5. The van der Waals surface area contributed by atoms with Crippen LogP contribution in [0.15, 0.2) is 73.2 Å². The number of hydrogen-bond donors (Lipinski definition) is 1. The number of imidazole rings is 1. The number of benzene rings is 3.